The minimum absolute atomic E-state index is 0.0538. The van der Waals surface area contributed by atoms with Crippen molar-refractivity contribution in [2.75, 3.05) is 5.32 Å². The van der Waals surface area contributed by atoms with Crippen LogP contribution in [0.4, 0.5) is 5.69 Å². The van der Waals surface area contributed by atoms with Crippen LogP contribution in [0.5, 0.6) is 0 Å². The summed E-state index contributed by atoms with van der Waals surface area (Å²) < 4.78 is 5.43. The van der Waals surface area contributed by atoms with E-state index in [1.807, 2.05) is 19.2 Å². The Bertz CT molecular complexity index is 900. The lowest BCUT2D eigenvalue weighted by atomic mass is 10.0. The van der Waals surface area contributed by atoms with Crippen molar-refractivity contribution < 1.29 is 14.0 Å². The molecule has 2 amide bonds. The SMILES string of the molecule is Cc1nc2cc(NC(=O)[C@@H](NC(=O)c3cccs3)C(C)C)ccc2o1. The lowest BCUT2D eigenvalue weighted by Crippen LogP contribution is -2.46. The number of carbonyl (C=O) groups is 2. The summed E-state index contributed by atoms with van der Waals surface area (Å²) in [6.45, 7) is 5.55. The number of fused-ring (bicyclic) bond motifs is 1. The van der Waals surface area contributed by atoms with Crippen molar-refractivity contribution in [2.45, 2.75) is 26.8 Å². The summed E-state index contributed by atoms with van der Waals surface area (Å²) in [6, 6.07) is 8.17. The van der Waals surface area contributed by atoms with E-state index in [9.17, 15) is 9.59 Å². The quantitative estimate of drug-likeness (QED) is 0.731. The summed E-state index contributed by atoms with van der Waals surface area (Å²) in [5, 5.41) is 7.48. The highest BCUT2D eigenvalue weighted by molar-refractivity contribution is 7.12. The van der Waals surface area contributed by atoms with Crippen molar-refractivity contribution in [3.8, 4) is 0 Å². The maximum Gasteiger partial charge on any atom is 0.262 e. The van der Waals surface area contributed by atoms with Gasteiger partial charge in [-0.1, -0.05) is 19.9 Å². The second-order valence-corrected chi connectivity index (χ2v) is 7.02. The molecule has 0 aliphatic heterocycles. The van der Waals surface area contributed by atoms with Crippen molar-refractivity contribution >= 4 is 39.9 Å². The number of benzene rings is 1. The number of thiophene rings is 1. The fourth-order valence-corrected chi connectivity index (χ4v) is 3.12. The van der Waals surface area contributed by atoms with E-state index < -0.39 is 6.04 Å². The fraction of sp³-hybridized carbons (Fsp3) is 0.278. The smallest absolute Gasteiger partial charge is 0.262 e. The number of aryl methyl sites for hydroxylation is 1. The number of hydrogen-bond donors (Lipinski definition) is 2. The number of aromatic nitrogens is 1. The summed E-state index contributed by atoms with van der Waals surface area (Å²) in [5.41, 5.74) is 1.96. The molecular weight excluding hydrogens is 338 g/mol. The molecule has 0 bridgehead atoms. The molecule has 0 radical (unpaired) electrons. The molecule has 0 aliphatic carbocycles. The zero-order valence-electron chi connectivity index (χ0n) is 14.2. The first-order valence-electron chi connectivity index (χ1n) is 7.96. The topological polar surface area (TPSA) is 84.2 Å². The molecule has 0 unspecified atom stereocenters. The molecule has 0 aliphatic rings. The predicted octanol–water partition coefficient (Wildman–Crippen LogP) is 3.59. The zero-order chi connectivity index (χ0) is 18.0. The highest BCUT2D eigenvalue weighted by Gasteiger charge is 2.25. The van der Waals surface area contributed by atoms with Gasteiger partial charge in [0, 0.05) is 12.6 Å². The molecule has 25 heavy (non-hydrogen) atoms. The maximum atomic E-state index is 12.6. The summed E-state index contributed by atoms with van der Waals surface area (Å²) >= 11 is 1.34. The minimum atomic E-state index is -0.635. The third-order valence-electron chi connectivity index (χ3n) is 3.74. The highest BCUT2D eigenvalue weighted by Crippen LogP contribution is 2.20. The van der Waals surface area contributed by atoms with E-state index >= 15 is 0 Å². The second kappa shape index (κ2) is 7.06. The molecule has 1 atom stereocenters. The molecule has 3 aromatic rings. The van der Waals surface area contributed by atoms with Gasteiger partial charge in [-0.25, -0.2) is 4.98 Å². The Kier molecular flexibility index (Phi) is 4.85. The van der Waals surface area contributed by atoms with Gasteiger partial charge in [0.05, 0.1) is 4.88 Å². The molecule has 6 nitrogen and oxygen atoms in total. The standard InChI is InChI=1S/C18H19N3O3S/c1-10(2)16(21-17(22)15-5-4-8-25-15)18(23)20-12-6-7-14-13(9-12)19-11(3)24-14/h4-10,16H,1-3H3,(H,20,23)(H,21,22)/t16-/m0/s1. The average Bonchev–Trinajstić information content (AvgIpc) is 3.20. The predicted molar refractivity (Wildman–Crippen MR) is 97.8 cm³/mol. The van der Waals surface area contributed by atoms with Crippen LogP contribution in [-0.2, 0) is 4.79 Å². The largest absolute Gasteiger partial charge is 0.441 e. The monoisotopic (exact) mass is 357 g/mol. The molecule has 1 aromatic carbocycles. The van der Waals surface area contributed by atoms with Gasteiger partial charge >= 0.3 is 0 Å². The third kappa shape index (κ3) is 3.88. The van der Waals surface area contributed by atoms with Gasteiger partial charge in [-0.2, -0.15) is 0 Å². The van der Waals surface area contributed by atoms with Crippen molar-refractivity contribution in [3.05, 3.63) is 46.5 Å². The highest BCUT2D eigenvalue weighted by atomic mass is 32.1. The van der Waals surface area contributed by atoms with Gasteiger partial charge in [-0.3, -0.25) is 9.59 Å². The molecule has 2 N–H and O–H groups in total. The van der Waals surface area contributed by atoms with Gasteiger partial charge in [-0.15, -0.1) is 11.3 Å². The molecule has 7 heteroatoms. The van der Waals surface area contributed by atoms with Crippen molar-refractivity contribution in [3.63, 3.8) is 0 Å². The number of anilines is 1. The van der Waals surface area contributed by atoms with E-state index in [4.69, 9.17) is 4.42 Å². The molecule has 130 valence electrons. The number of hydrogen-bond acceptors (Lipinski definition) is 5. The van der Waals surface area contributed by atoms with E-state index in [0.29, 0.717) is 27.6 Å². The lowest BCUT2D eigenvalue weighted by Gasteiger charge is -2.21. The number of oxazole rings is 1. The summed E-state index contributed by atoms with van der Waals surface area (Å²) in [5.74, 6) is 0.00887. The first-order chi connectivity index (χ1) is 11.9. The number of rotatable bonds is 5. The molecule has 0 spiro atoms. The van der Waals surface area contributed by atoms with Gasteiger partial charge in [0.1, 0.15) is 11.6 Å². The van der Waals surface area contributed by atoms with Crippen LogP contribution in [0.3, 0.4) is 0 Å². The number of nitrogens with one attached hydrogen (secondary N) is 2. The summed E-state index contributed by atoms with van der Waals surface area (Å²) in [7, 11) is 0. The van der Waals surface area contributed by atoms with Crippen LogP contribution in [0, 0.1) is 12.8 Å². The van der Waals surface area contributed by atoms with Crippen LogP contribution in [0.2, 0.25) is 0 Å². The van der Waals surface area contributed by atoms with E-state index in [1.54, 1.807) is 37.3 Å². The Balaban J connectivity index is 1.74. The molecule has 0 saturated heterocycles. The van der Waals surface area contributed by atoms with Crippen LogP contribution < -0.4 is 10.6 Å². The van der Waals surface area contributed by atoms with Gasteiger partial charge < -0.3 is 15.1 Å². The van der Waals surface area contributed by atoms with Gasteiger partial charge in [-0.05, 0) is 35.6 Å². The van der Waals surface area contributed by atoms with Crippen molar-refractivity contribution in [2.24, 2.45) is 5.92 Å². The van der Waals surface area contributed by atoms with Crippen LogP contribution in [0.1, 0.15) is 29.4 Å². The zero-order valence-corrected chi connectivity index (χ0v) is 15.0. The first-order valence-corrected chi connectivity index (χ1v) is 8.84. The number of amides is 2. The van der Waals surface area contributed by atoms with Gasteiger partial charge in [0.2, 0.25) is 5.91 Å². The summed E-state index contributed by atoms with van der Waals surface area (Å²) in [6.07, 6.45) is 0. The Morgan fingerprint density at radius 2 is 2.04 bits per heavy atom. The Labute approximate surface area is 149 Å². The van der Waals surface area contributed by atoms with Crippen LogP contribution in [-0.4, -0.2) is 22.8 Å². The van der Waals surface area contributed by atoms with E-state index in [1.165, 1.54) is 11.3 Å². The summed E-state index contributed by atoms with van der Waals surface area (Å²) in [4.78, 5) is 29.7. The molecular formula is C18H19N3O3S. The lowest BCUT2D eigenvalue weighted by molar-refractivity contribution is -0.118. The molecule has 2 aromatic heterocycles. The van der Waals surface area contributed by atoms with E-state index in [2.05, 4.69) is 15.6 Å². The van der Waals surface area contributed by atoms with Crippen molar-refractivity contribution in [1.29, 1.82) is 0 Å². The average molecular weight is 357 g/mol. The Hall–Kier alpha value is -2.67. The van der Waals surface area contributed by atoms with E-state index in [0.717, 1.165) is 0 Å². The van der Waals surface area contributed by atoms with Gasteiger partial charge in [0.15, 0.2) is 11.5 Å². The first kappa shape index (κ1) is 17.2. The molecule has 2 heterocycles. The Morgan fingerprint density at radius 1 is 1.24 bits per heavy atom. The normalized spacial score (nSPS) is 12.3. The van der Waals surface area contributed by atoms with Gasteiger partial charge in [0.25, 0.3) is 5.91 Å². The molecule has 3 rings (SSSR count). The van der Waals surface area contributed by atoms with Crippen molar-refractivity contribution in [1.82, 2.24) is 10.3 Å². The minimum Gasteiger partial charge on any atom is -0.441 e. The number of nitrogens with zero attached hydrogens (tertiary/aromatic N) is 1. The molecule has 0 fully saturated rings. The molecule has 0 saturated carbocycles. The fourth-order valence-electron chi connectivity index (χ4n) is 2.50. The van der Waals surface area contributed by atoms with Crippen LogP contribution >= 0.6 is 11.3 Å². The Morgan fingerprint density at radius 3 is 2.72 bits per heavy atom. The maximum absolute atomic E-state index is 12.6. The van der Waals surface area contributed by atoms with Crippen LogP contribution in [0.25, 0.3) is 11.1 Å². The van der Waals surface area contributed by atoms with Crippen LogP contribution in [0.15, 0.2) is 40.1 Å². The van der Waals surface area contributed by atoms with E-state index in [-0.39, 0.29) is 17.7 Å². The second-order valence-electron chi connectivity index (χ2n) is 6.08. The number of carbonyl (C=O) groups excluding carboxylic acids is 2. The third-order valence-corrected chi connectivity index (χ3v) is 4.61.